The van der Waals surface area contributed by atoms with Crippen molar-refractivity contribution in [3.8, 4) is 11.1 Å². The summed E-state index contributed by atoms with van der Waals surface area (Å²) in [6.07, 6.45) is 1.85. The third-order valence-corrected chi connectivity index (χ3v) is 2.87. The van der Waals surface area contributed by atoms with E-state index in [2.05, 4.69) is 4.98 Å². The summed E-state index contributed by atoms with van der Waals surface area (Å²) in [4.78, 5) is 15.7. The number of rotatable bonds is 2. The molecule has 1 aromatic carbocycles. The number of carbonyl (C=O) groups is 1. The zero-order valence-corrected chi connectivity index (χ0v) is 10.3. The molecule has 2 aromatic rings. The van der Waals surface area contributed by atoms with E-state index in [1.807, 2.05) is 50.4 Å². The van der Waals surface area contributed by atoms with Crippen LogP contribution in [0.1, 0.15) is 28.5 Å². The summed E-state index contributed by atoms with van der Waals surface area (Å²) in [5.41, 5.74) is 5.02. The van der Waals surface area contributed by atoms with Crippen LogP contribution in [0.25, 0.3) is 11.1 Å². The minimum absolute atomic E-state index is 0.0892. The number of carbonyl (C=O) groups excluding carboxylic acids is 1. The number of aryl methyl sites for hydroxylation is 2. The average molecular weight is 225 g/mol. The van der Waals surface area contributed by atoms with Crippen LogP contribution in [0.4, 0.5) is 0 Å². The number of hydrogen-bond donors (Lipinski definition) is 0. The lowest BCUT2D eigenvalue weighted by atomic mass is 9.98. The van der Waals surface area contributed by atoms with Crippen molar-refractivity contribution in [3.05, 3.63) is 53.3 Å². The van der Waals surface area contributed by atoms with Gasteiger partial charge in [0, 0.05) is 23.0 Å². The van der Waals surface area contributed by atoms with Gasteiger partial charge in [0.15, 0.2) is 5.78 Å². The highest BCUT2D eigenvalue weighted by molar-refractivity contribution is 5.95. The van der Waals surface area contributed by atoms with E-state index < -0.39 is 0 Å². The predicted molar refractivity (Wildman–Crippen MR) is 69.2 cm³/mol. The number of Topliss-reactive ketones (excluding diaryl/α,β-unsaturated/α-hetero) is 1. The highest BCUT2D eigenvalue weighted by atomic mass is 16.1. The van der Waals surface area contributed by atoms with Crippen LogP contribution in [0.3, 0.4) is 0 Å². The van der Waals surface area contributed by atoms with Crippen molar-refractivity contribution in [1.29, 1.82) is 0 Å². The van der Waals surface area contributed by atoms with Crippen LogP contribution >= 0.6 is 0 Å². The van der Waals surface area contributed by atoms with Crippen molar-refractivity contribution in [1.82, 2.24) is 4.98 Å². The minimum Gasteiger partial charge on any atom is -0.295 e. The monoisotopic (exact) mass is 225 g/mol. The molecule has 0 aliphatic carbocycles. The molecule has 0 unspecified atom stereocenters. The van der Waals surface area contributed by atoms with Gasteiger partial charge in [0.2, 0.25) is 0 Å². The van der Waals surface area contributed by atoms with E-state index in [1.165, 1.54) is 0 Å². The number of ketones is 1. The summed E-state index contributed by atoms with van der Waals surface area (Å²) in [6.45, 7) is 5.59. The van der Waals surface area contributed by atoms with Gasteiger partial charge in [0.05, 0.1) is 0 Å². The van der Waals surface area contributed by atoms with Gasteiger partial charge in [-0.1, -0.05) is 18.2 Å². The highest BCUT2D eigenvalue weighted by Crippen LogP contribution is 2.24. The zero-order chi connectivity index (χ0) is 12.4. The first-order valence-corrected chi connectivity index (χ1v) is 5.62. The molecule has 0 amide bonds. The molecule has 1 aromatic heterocycles. The van der Waals surface area contributed by atoms with Gasteiger partial charge >= 0.3 is 0 Å². The number of benzene rings is 1. The molecule has 0 N–H and O–H groups in total. The van der Waals surface area contributed by atoms with Crippen LogP contribution in [0.2, 0.25) is 0 Å². The Morgan fingerprint density at radius 1 is 1.12 bits per heavy atom. The number of aromatic nitrogens is 1. The fraction of sp³-hybridized carbons (Fsp3) is 0.200. The molecule has 86 valence electrons. The van der Waals surface area contributed by atoms with Crippen LogP contribution < -0.4 is 0 Å². The maximum Gasteiger partial charge on any atom is 0.159 e. The molecule has 0 bridgehead atoms. The lowest BCUT2D eigenvalue weighted by Gasteiger charge is -2.07. The van der Waals surface area contributed by atoms with E-state index in [0.717, 1.165) is 27.9 Å². The van der Waals surface area contributed by atoms with Gasteiger partial charge in [-0.15, -0.1) is 0 Å². The SMILES string of the molecule is CC(=O)c1ccc(C)c(-c2ccc(C)nc2)c1. The number of nitrogens with zero attached hydrogens (tertiary/aromatic N) is 1. The molecule has 0 fully saturated rings. The molecule has 2 nitrogen and oxygen atoms in total. The summed E-state index contributed by atoms with van der Waals surface area (Å²) in [6, 6.07) is 9.79. The molecular formula is C15H15NO. The quantitative estimate of drug-likeness (QED) is 0.731. The van der Waals surface area contributed by atoms with Crippen LogP contribution in [-0.2, 0) is 0 Å². The van der Waals surface area contributed by atoms with Crippen LogP contribution in [-0.4, -0.2) is 10.8 Å². The maximum atomic E-state index is 11.4. The largest absolute Gasteiger partial charge is 0.295 e. The smallest absolute Gasteiger partial charge is 0.159 e. The molecule has 0 spiro atoms. The van der Waals surface area contributed by atoms with Crippen molar-refractivity contribution >= 4 is 5.78 Å². The molecule has 17 heavy (non-hydrogen) atoms. The molecule has 0 saturated heterocycles. The Bertz CT molecular complexity index is 556. The van der Waals surface area contributed by atoms with Crippen LogP contribution in [0.15, 0.2) is 36.5 Å². The summed E-state index contributed by atoms with van der Waals surface area (Å²) in [5, 5.41) is 0. The topological polar surface area (TPSA) is 30.0 Å². The van der Waals surface area contributed by atoms with Crippen LogP contribution in [0, 0.1) is 13.8 Å². The Morgan fingerprint density at radius 2 is 1.88 bits per heavy atom. The van der Waals surface area contributed by atoms with Gasteiger partial charge in [-0.3, -0.25) is 9.78 Å². The number of hydrogen-bond acceptors (Lipinski definition) is 2. The third kappa shape index (κ3) is 2.41. The fourth-order valence-electron chi connectivity index (χ4n) is 1.78. The van der Waals surface area contributed by atoms with Crippen LogP contribution in [0.5, 0.6) is 0 Å². The van der Waals surface area contributed by atoms with Crippen molar-refractivity contribution in [3.63, 3.8) is 0 Å². The van der Waals surface area contributed by atoms with Gasteiger partial charge in [0.25, 0.3) is 0 Å². The number of pyridine rings is 1. The first-order chi connectivity index (χ1) is 8.08. The second-order valence-corrected chi connectivity index (χ2v) is 4.27. The molecule has 0 aliphatic rings. The van der Waals surface area contributed by atoms with E-state index in [9.17, 15) is 4.79 Å². The Labute approximate surface area is 101 Å². The first-order valence-electron chi connectivity index (χ1n) is 5.62. The highest BCUT2D eigenvalue weighted by Gasteiger charge is 2.06. The summed E-state index contributed by atoms with van der Waals surface area (Å²) >= 11 is 0. The van der Waals surface area contributed by atoms with Gasteiger partial charge in [-0.2, -0.15) is 0 Å². The van der Waals surface area contributed by atoms with Crippen molar-refractivity contribution < 1.29 is 4.79 Å². The Balaban J connectivity index is 2.54. The van der Waals surface area contributed by atoms with E-state index >= 15 is 0 Å². The van der Waals surface area contributed by atoms with Crippen molar-refractivity contribution in [2.45, 2.75) is 20.8 Å². The Hall–Kier alpha value is -1.96. The maximum absolute atomic E-state index is 11.4. The van der Waals surface area contributed by atoms with Gasteiger partial charge in [-0.05, 0) is 44.0 Å². The first kappa shape index (κ1) is 11.5. The molecule has 0 saturated carbocycles. The molecule has 2 heteroatoms. The second kappa shape index (κ2) is 4.50. The Kier molecular flexibility index (Phi) is 3.05. The van der Waals surface area contributed by atoms with E-state index in [1.54, 1.807) is 6.92 Å². The van der Waals surface area contributed by atoms with Crippen molar-refractivity contribution in [2.75, 3.05) is 0 Å². The Morgan fingerprint density at radius 3 is 2.47 bits per heavy atom. The molecule has 0 radical (unpaired) electrons. The normalized spacial score (nSPS) is 10.3. The lowest BCUT2D eigenvalue weighted by Crippen LogP contribution is -1.94. The summed E-state index contributed by atoms with van der Waals surface area (Å²) < 4.78 is 0. The molecule has 2 rings (SSSR count). The summed E-state index contributed by atoms with van der Waals surface area (Å²) in [7, 11) is 0. The second-order valence-electron chi connectivity index (χ2n) is 4.27. The average Bonchev–Trinajstić information content (AvgIpc) is 2.31. The third-order valence-electron chi connectivity index (χ3n) is 2.87. The van der Waals surface area contributed by atoms with Gasteiger partial charge < -0.3 is 0 Å². The lowest BCUT2D eigenvalue weighted by molar-refractivity contribution is 0.101. The van der Waals surface area contributed by atoms with E-state index in [4.69, 9.17) is 0 Å². The predicted octanol–water partition coefficient (Wildman–Crippen LogP) is 3.57. The molecular weight excluding hydrogens is 210 g/mol. The van der Waals surface area contributed by atoms with E-state index in [0.29, 0.717) is 0 Å². The van der Waals surface area contributed by atoms with Gasteiger partial charge in [-0.25, -0.2) is 0 Å². The van der Waals surface area contributed by atoms with Gasteiger partial charge in [0.1, 0.15) is 0 Å². The van der Waals surface area contributed by atoms with E-state index in [-0.39, 0.29) is 5.78 Å². The van der Waals surface area contributed by atoms with Crippen molar-refractivity contribution in [2.24, 2.45) is 0 Å². The molecule has 1 heterocycles. The molecule has 0 aliphatic heterocycles. The minimum atomic E-state index is 0.0892. The standard InChI is InChI=1S/C15H15NO/c1-10-4-6-13(12(3)17)8-15(10)14-7-5-11(2)16-9-14/h4-9H,1-3H3. The molecule has 0 atom stereocenters. The fourth-order valence-corrected chi connectivity index (χ4v) is 1.78. The zero-order valence-electron chi connectivity index (χ0n) is 10.3. The summed E-state index contributed by atoms with van der Waals surface area (Å²) in [5.74, 6) is 0.0892.